The van der Waals surface area contributed by atoms with E-state index >= 15 is 0 Å². The Morgan fingerprint density at radius 1 is 1.15 bits per heavy atom. The van der Waals surface area contributed by atoms with Gasteiger partial charge in [0, 0.05) is 39.1 Å². The molecule has 1 heterocycles. The van der Waals surface area contributed by atoms with Crippen molar-refractivity contribution in [3.05, 3.63) is 35.9 Å². The minimum Gasteiger partial charge on any atom is -0.497 e. The lowest BCUT2D eigenvalue weighted by atomic mass is 9.70. The number of rotatable bonds is 8. The Bertz CT molecular complexity index is 935. The number of carbonyl (C=O) groups excluding carboxylic acids is 1. The molecule has 2 aliphatic rings. The smallest absolute Gasteiger partial charge is 0.240 e. The zero-order valence-corrected chi connectivity index (χ0v) is 21.4. The summed E-state index contributed by atoms with van der Waals surface area (Å²) in [5.41, 5.74) is 1.20. The largest absolute Gasteiger partial charge is 0.497 e. The Kier molecular flexibility index (Phi) is 8.59. The van der Waals surface area contributed by atoms with Gasteiger partial charge < -0.3 is 14.5 Å². The van der Waals surface area contributed by atoms with Crippen LogP contribution in [-0.2, 0) is 14.8 Å². The average Bonchev–Trinajstić information content (AvgIpc) is 2.79. The maximum absolute atomic E-state index is 12.9. The standard InChI is InChI=1S/C25H39N3O4S/c1-18(2)24-15-20(16-25(29)28-12-10-27(4)11-13-28)19(3)14-21(24)17-26-33(30,31)23-8-6-22(32-5)7-9-23/h6-9,14,18,20-21,24,26H,10-13,15-17H2,1-5H3. The van der Waals surface area contributed by atoms with E-state index in [1.165, 1.54) is 5.57 Å². The summed E-state index contributed by atoms with van der Waals surface area (Å²) in [6.07, 6.45) is 3.65. The molecule has 0 radical (unpaired) electrons. The van der Waals surface area contributed by atoms with E-state index in [4.69, 9.17) is 4.74 Å². The molecule has 1 aliphatic carbocycles. The molecule has 7 nitrogen and oxygen atoms in total. The van der Waals surface area contributed by atoms with Crippen molar-refractivity contribution >= 4 is 15.9 Å². The van der Waals surface area contributed by atoms with Gasteiger partial charge in [-0.05, 0) is 68.3 Å². The molecule has 0 spiro atoms. The highest BCUT2D eigenvalue weighted by Crippen LogP contribution is 2.39. The monoisotopic (exact) mass is 477 g/mol. The zero-order valence-electron chi connectivity index (χ0n) is 20.6. The second-order valence-electron chi connectivity index (χ2n) is 9.83. The second kappa shape index (κ2) is 11.0. The van der Waals surface area contributed by atoms with E-state index in [2.05, 4.69) is 43.5 Å². The first kappa shape index (κ1) is 25.7. The van der Waals surface area contributed by atoms with Crippen molar-refractivity contribution in [3.8, 4) is 5.75 Å². The number of amides is 1. The summed E-state index contributed by atoms with van der Waals surface area (Å²) in [7, 11) is 0.0401. The van der Waals surface area contributed by atoms with Crippen LogP contribution in [0, 0.1) is 23.7 Å². The molecule has 184 valence electrons. The van der Waals surface area contributed by atoms with Gasteiger partial charge in [-0.3, -0.25) is 4.79 Å². The lowest BCUT2D eigenvalue weighted by molar-refractivity contribution is -0.133. The zero-order chi connectivity index (χ0) is 24.2. The molecule has 1 N–H and O–H groups in total. The summed E-state index contributed by atoms with van der Waals surface area (Å²) in [6.45, 7) is 10.3. The van der Waals surface area contributed by atoms with Crippen LogP contribution in [-0.4, -0.2) is 71.0 Å². The molecule has 0 bridgehead atoms. The molecule has 1 aromatic rings. The summed E-state index contributed by atoms with van der Waals surface area (Å²) in [5.74, 6) is 1.90. The van der Waals surface area contributed by atoms with Gasteiger partial charge in [0.05, 0.1) is 12.0 Å². The van der Waals surface area contributed by atoms with Gasteiger partial charge in [0.2, 0.25) is 15.9 Å². The number of carbonyl (C=O) groups is 1. The minimum atomic E-state index is -3.60. The topological polar surface area (TPSA) is 78.9 Å². The molecule has 3 unspecified atom stereocenters. The highest BCUT2D eigenvalue weighted by atomic mass is 32.2. The van der Waals surface area contributed by atoms with Crippen LogP contribution in [0.15, 0.2) is 40.8 Å². The Balaban J connectivity index is 1.65. The maximum atomic E-state index is 12.9. The number of methoxy groups -OCH3 is 1. The molecular weight excluding hydrogens is 438 g/mol. The van der Waals surface area contributed by atoms with Crippen molar-refractivity contribution in [2.75, 3.05) is 46.9 Å². The van der Waals surface area contributed by atoms with Crippen molar-refractivity contribution in [3.63, 3.8) is 0 Å². The SMILES string of the molecule is COc1ccc(S(=O)(=O)NCC2C=C(C)C(CC(=O)N3CCN(C)CC3)CC2C(C)C)cc1. The molecule has 33 heavy (non-hydrogen) atoms. The van der Waals surface area contributed by atoms with Crippen LogP contribution in [0.4, 0.5) is 0 Å². The van der Waals surface area contributed by atoms with E-state index in [9.17, 15) is 13.2 Å². The highest BCUT2D eigenvalue weighted by molar-refractivity contribution is 7.89. The van der Waals surface area contributed by atoms with E-state index in [-0.39, 0.29) is 22.6 Å². The first-order valence-corrected chi connectivity index (χ1v) is 13.4. The fourth-order valence-corrected chi connectivity index (χ4v) is 6.02. The van der Waals surface area contributed by atoms with Crippen molar-refractivity contribution < 1.29 is 17.9 Å². The molecule has 0 aromatic heterocycles. The predicted molar refractivity (Wildman–Crippen MR) is 131 cm³/mol. The third-order valence-electron chi connectivity index (χ3n) is 7.24. The number of piperazine rings is 1. The maximum Gasteiger partial charge on any atom is 0.240 e. The van der Waals surface area contributed by atoms with Crippen LogP contribution in [0.2, 0.25) is 0 Å². The molecule has 1 amide bonds. The first-order chi connectivity index (χ1) is 15.6. The number of benzene rings is 1. The van der Waals surface area contributed by atoms with E-state index in [0.717, 1.165) is 32.6 Å². The van der Waals surface area contributed by atoms with Crippen molar-refractivity contribution in [1.82, 2.24) is 14.5 Å². The fourth-order valence-electron chi connectivity index (χ4n) is 4.95. The third kappa shape index (κ3) is 6.58. The van der Waals surface area contributed by atoms with E-state index in [0.29, 0.717) is 30.6 Å². The van der Waals surface area contributed by atoms with E-state index < -0.39 is 10.0 Å². The molecular formula is C25H39N3O4S. The van der Waals surface area contributed by atoms with Crippen LogP contribution >= 0.6 is 0 Å². The number of sulfonamides is 1. The van der Waals surface area contributed by atoms with Crippen LogP contribution in [0.1, 0.15) is 33.6 Å². The van der Waals surface area contributed by atoms with Gasteiger partial charge in [0.1, 0.15) is 5.75 Å². The molecule has 1 fully saturated rings. The number of likely N-dealkylation sites (N-methyl/N-ethyl adjacent to an activating group) is 1. The van der Waals surface area contributed by atoms with Gasteiger partial charge in [0.15, 0.2) is 0 Å². The molecule has 0 saturated carbocycles. The van der Waals surface area contributed by atoms with Crippen LogP contribution in [0.3, 0.4) is 0 Å². The van der Waals surface area contributed by atoms with E-state index in [1.807, 2.05) is 4.90 Å². The number of ether oxygens (including phenoxy) is 1. The summed E-state index contributed by atoms with van der Waals surface area (Å²) in [6, 6.07) is 6.42. The number of hydrogen-bond donors (Lipinski definition) is 1. The van der Waals surface area contributed by atoms with Crippen LogP contribution < -0.4 is 9.46 Å². The Hall–Kier alpha value is -1.90. The summed E-state index contributed by atoms with van der Waals surface area (Å²) >= 11 is 0. The predicted octanol–water partition coefficient (Wildman–Crippen LogP) is 2.99. The number of allylic oxidation sites excluding steroid dienone is 1. The van der Waals surface area contributed by atoms with Crippen LogP contribution in [0.25, 0.3) is 0 Å². The van der Waals surface area contributed by atoms with Crippen molar-refractivity contribution in [2.45, 2.75) is 38.5 Å². The summed E-state index contributed by atoms with van der Waals surface area (Å²) in [5, 5.41) is 0. The molecule has 3 rings (SSSR count). The lowest BCUT2D eigenvalue weighted by Gasteiger charge is -2.38. The normalized spacial score (nSPS) is 24.6. The lowest BCUT2D eigenvalue weighted by Crippen LogP contribution is -2.47. The van der Waals surface area contributed by atoms with Gasteiger partial charge in [-0.25, -0.2) is 13.1 Å². The van der Waals surface area contributed by atoms with Crippen molar-refractivity contribution in [2.24, 2.45) is 23.7 Å². The minimum absolute atomic E-state index is 0.105. The molecule has 8 heteroatoms. The molecule has 1 aliphatic heterocycles. The molecule has 1 saturated heterocycles. The average molecular weight is 478 g/mol. The van der Waals surface area contributed by atoms with Crippen molar-refractivity contribution in [1.29, 1.82) is 0 Å². The number of nitrogens with one attached hydrogen (secondary N) is 1. The van der Waals surface area contributed by atoms with Gasteiger partial charge in [-0.2, -0.15) is 0 Å². The first-order valence-electron chi connectivity index (χ1n) is 11.9. The van der Waals surface area contributed by atoms with Gasteiger partial charge >= 0.3 is 0 Å². The Morgan fingerprint density at radius 3 is 2.36 bits per heavy atom. The third-order valence-corrected chi connectivity index (χ3v) is 8.68. The quantitative estimate of drug-likeness (QED) is 0.583. The highest BCUT2D eigenvalue weighted by Gasteiger charge is 2.34. The molecule has 3 atom stereocenters. The summed E-state index contributed by atoms with van der Waals surface area (Å²) < 4.78 is 33.6. The second-order valence-corrected chi connectivity index (χ2v) is 11.6. The summed E-state index contributed by atoms with van der Waals surface area (Å²) in [4.78, 5) is 17.4. The number of hydrogen-bond acceptors (Lipinski definition) is 5. The van der Waals surface area contributed by atoms with Gasteiger partial charge in [0.25, 0.3) is 0 Å². The number of nitrogens with zero attached hydrogens (tertiary/aromatic N) is 2. The van der Waals surface area contributed by atoms with Crippen LogP contribution in [0.5, 0.6) is 5.75 Å². The Morgan fingerprint density at radius 2 is 1.79 bits per heavy atom. The Labute approximate surface area is 199 Å². The van der Waals surface area contributed by atoms with E-state index in [1.54, 1.807) is 31.4 Å². The fraction of sp³-hybridized carbons (Fsp3) is 0.640. The molecule has 1 aromatic carbocycles. The van der Waals surface area contributed by atoms with Gasteiger partial charge in [-0.1, -0.05) is 25.5 Å². The van der Waals surface area contributed by atoms with Gasteiger partial charge in [-0.15, -0.1) is 0 Å².